The third kappa shape index (κ3) is 6.11. The maximum atomic E-state index is 12.1. The maximum absolute atomic E-state index is 12.1. The highest BCUT2D eigenvalue weighted by atomic mass is 32.2. The molecule has 1 heterocycles. The number of amides is 1. The Morgan fingerprint density at radius 1 is 0.853 bits per heavy atom. The number of hydrogen-bond donors (Lipinski definition) is 1. The van der Waals surface area contributed by atoms with E-state index >= 15 is 0 Å². The molecule has 34 heavy (non-hydrogen) atoms. The summed E-state index contributed by atoms with van der Waals surface area (Å²) in [5.74, 6) is 2.91. The number of ether oxygens (including phenoxy) is 3. The van der Waals surface area contributed by atoms with E-state index in [-0.39, 0.29) is 10.4 Å². The molecule has 0 aliphatic carbocycles. The van der Waals surface area contributed by atoms with Gasteiger partial charge in [0.2, 0.25) is 5.12 Å². The molecule has 1 atom stereocenters. The van der Waals surface area contributed by atoms with Gasteiger partial charge >= 0.3 is 0 Å². The molecule has 3 aromatic rings. The van der Waals surface area contributed by atoms with E-state index in [0.717, 1.165) is 30.1 Å². The van der Waals surface area contributed by atoms with Gasteiger partial charge in [-0.25, -0.2) is 0 Å². The summed E-state index contributed by atoms with van der Waals surface area (Å²) < 4.78 is 17.9. The molecule has 0 radical (unpaired) electrons. The number of aryl methyl sites for hydroxylation is 1. The highest BCUT2D eigenvalue weighted by Gasteiger charge is 2.34. The second kappa shape index (κ2) is 11.6. The fourth-order valence-corrected chi connectivity index (χ4v) is 4.34. The molecule has 1 N–H and O–H groups in total. The van der Waals surface area contributed by atoms with Crippen molar-refractivity contribution in [1.29, 1.82) is 0 Å². The molecule has 0 aromatic heterocycles. The second-order valence-electron chi connectivity index (χ2n) is 7.81. The molecule has 3 aromatic carbocycles. The molecular weight excluding hydrogens is 450 g/mol. The van der Waals surface area contributed by atoms with Gasteiger partial charge in [-0.2, -0.15) is 0 Å². The monoisotopic (exact) mass is 477 g/mol. The third-order valence-electron chi connectivity index (χ3n) is 5.26. The van der Waals surface area contributed by atoms with Gasteiger partial charge in [0, 0.05) is 29.8 Å². The molecule has 0 saturated carbocycles. The van der Waals surface area contributed by atoms with Crippen LogP contribution in [0.4, 0.5) is 4.79 Å². The van der Waals surface area contributed by atoms with Crippen molar-refractivity contribution in [2.75, 3.05) is 13.2 Å². The Kier molecular flexibility index (Phi) is 8.09. The van der Waals surface area contributed by atoms with Gasteiger partial charge in [-0.3, -0.25) is 9.59 Å². The van der Waals surface area contributed by atoms with Crippen molar-refractivity contribution in [1.82, 2.24) is 5.32 Å². The molecule has 0 spiro atoms. The predicted octanol–water partition coefficient (Wildman–Crippen LogP) is 6.30. The van der Waals surface area contributed by atoms with Crippen molar-refractivity contribution in [2.24, 2.45) is 0 Å². The Morgan fingerprint density at radius 3 is 2.38 bits per heavy atom. The predicted molar refractivity (Wildman–Crippen MR) is 133 cm³/mol. The number of rotatable bonds is 11. The Bertz CT molecular complexity index is 1150. The molecular formula is C27H27NO5S. The molecule has 1 amide bonds. The van der Waals surface area contributed by atoms with Crippen LogP contribution in [0.15, 0.2) is 72.8 Å². The zero-order valence-corrected chi connectivity index (χ0v) is 19.8. The van der Waals surface area contributed by atoms with E-state index in [2.05, 4.69) is 18.3 Å². The number of carbonyl (C=O) groups excluding carboxylic acids is 2. The Labute approximate surface area is 203 Å². The summed E-state index contributed by atoms with van der Waals surface area (Å²) in [4.78, 5) is 23.6. The standard InChI is InChI=1S/C27H27NO5S/c1-2-9-19-10-3-5-14-23(19)33-21-12-7-11-20(18-21)31-16-8-17-32-24-15-6-4-13-22(24)25-26(29)34-27(30)28-25/h3-7,10-15,18,25H,2,8-9,16-17H2,1H3,(H,28,30). The number of para-hydroxylation sites is 2. The zero-order valence-electron chi connectivity index (χ0n) is 19.0. The molecule has 4 rings (SSSR count). The van der Waals surface area contributed by atoms with Crippen molar-refractivity contribution >= 4 is 22.1 Å². The summed E-state index contributed by atoms with van der Waals surface area (Å²) in [5, 5.41) is 2.12. The summed E-state index contributed by atoms with van der Waals surface area (Å²) in [5.41, 5.74) is 1.85. The van der Waals surface area contributed by atoms with Crippen molar-refractivity contribution in [2.45, 2.75) is 32.2 Å². The summed E-state index contributed by atoms with van der Waals surface area (Å²) in [7, 11) is 0. The van der Waals surface area contributed by atoms with Gasteiger partial charge in [0.25, 0.3) is 5.24 Å². The minimum atomic E-state index is -0.671. The van der Waals surface area contributed by atoms with Crippen LogP contribution in [0.1, 0.15) is 36.9 Å². The average Bonchev–Trinajstić information content (AvgIpc) is 3.18. The van der Waals surface area contributed by atoms with E-state index in [1.807, 2.05) is 54.6 Å². The number of carbonyl (C=O) groups is 2. The van der Waals surface area contributed by atoms with Gasteiger partial charge in [-0.15, -0.1) is 0 Å². The Balaban J connectivity index is 1.28. The number of thioether (sulfide) groups is 1. The molecule has 1 unspecified atom stereocenters. The first-order chi connectivity index (χ1) is 16.6. The highest BCUT2D eigenvalue weighted by molar-refractivity contribution is 8.26. The average molecular weight is 478 g/mol. The lowest BCUT2D eigenvalue weighted by atomic mass is 10.1. The van der Waals surface area contributed by atoms with E-state index in [1.54, 1.807) is 12.1 Å². The minimum absolute atomic E-state index is 0.219. The van der Waals surface area contributed by atoms with Gasteiger partial charge < -0.3 is 19.5 Å². The molecule has 176 valence electrons. The maximum Gasteiger partial charge on any atom is 0.287 e. The van der Waals surface area contributed by atoms with Gasteiger partial charge in [-0.05, 0) is 36.2 Å². The van der Waals surface area contributed by atoms with Crippen LogP contribution in [0.2, 0.25) is 0 Å². The first-order valence-corrected chi connectivity index (χ1v) is 12.2. The van der Waals surface area contributed by atoms with Crippen LogP contribution in [0, 0.1) is 0 Å². The fourth-order valence-electron chi connectivity index (χ4n) is 3.68. The molecule has 1 aliphatic heterocycles. The smallest absolute Gasteiger partial charge is 0.287 e. The second-order valence-corrected chi connectivity index (χ2v) is 8.79. The van der Waals surface area contributed by atoms with Crippen LogP contribution in [0.25, 0.3) is 0 Å². The van der Waals surface area contributed by atoms with E-state index in [4.69, 9.17) is 14.2 Å². The molecule has 7 heteroatoms. The number of benzene rings is 3. The highest BCUT2D eigenvalue weighted by Crippen LogP contribution is 2.33. The van der Waals surface area contributed by atoms with Crippen LogP contribution < -0.4 is 19.5 Å². The van der Waals surface area contributed by atoms with E-state index in [1.165, 1.54) is 5.56 Å². The van der Waals surface area contributed by atoms with Crippen LogP contribution in [0.5, 0.6) is 23.0 Å². The minimum Gasteiger partial charge on any atom is -0.493 e. The lowest BCUT2D eigenvalue weighted by Gasteiger charge is -2.15. The Hall–Kier alpha value is -3.45. The SMILES string of the molecule is CCCc1ccccc1Oc1cccc(OCCCOc2ccccc2C2NC(=O)SC2=O)c1. The molecule has 1 fully saturated rings. The zero-order chi connectivity index (χ0) is 23.8. The first-order valence-electron chi connectivity index (χ1n) is 11.4. The van der Waals surface area contributed by atoms with Crippen molar-refractivity contribution in [3.8, 4) is 23.0 Å². The summed E-state index contributed by atoms with van der Waals surface area (Å²) in [6.45, 7) is 3.03. The van der Waals surface area contributed by atoms with Crippen LogP contribution >= 0.6 is 11.8 Å². The van der Waals surface area contributed by atoms with Crippen molar-refractivity contribution in [3.63, 3.8) is 0 Å². The normalized spacial score (nSPS) is 15.1. The van der Waals surface area contributed by atoms with Gasteiger partial charge in [0.15, 0.2) is 0 Å². The Morgan fingerprint density at radius 2 is 1.59 bits per heavy atom. The van der Waals surface area contributed by atoms with Gasteiger partial charge in [0.05, 0.1) is 13.2 Å². The third-order valence-corrected chi connectivity index (χ3v) is 6.00. The quantitative estimate of drug-likeness (QED) is 0.327. The summed E-state index contributed by atoms with van der Waals surface area (Å²) >= 11 is 0.691. The lowest BCUT2D eigenvalue weighted by Crippen LogP contribution is -2.21. The van der Waals surface area contributed by atoms with E-state index < -0.39 is 6.04 Å². The summed E-state index contributed by atoms with van der Waals surface area (Å²) in [6.07, 6.45) is 2.68. The topological polar surface area (TPSA) is 73.9 Å². The fraction of sp³-hybridized carbons (Fsp3) is 0.259. The molecule has 0 bridgehead atoms. The van der Waals surface area contributed by atoms with Crippen LogP contribution in [0.3, 0.4) is 0 Å². The van der Waals surface area contributed by atoms with Crippen molar-refractivity contribution < 1.29 is 23.8 Å². The van der Waals surface area contributed by atoms with Gasteiger partial charge in [-0.1, -0.05) is 55.8 Å². The summed E-state index contributed by atoms with van der Waals surface area (Å²) in [6, 6.07) is 22.3. The largest absolute Gasteiger partial charge is 0.493 e. The molecule has 1 saturated heterocycles. The van der Waals surface area contributed by atoms with E-state index in [9.17, 15) is 9.59 Å². The number of hydrogen-bond acceptors (Lipinski definition) is 6. The van der Waals surface area contributed by atoms with Crippen LogP contribution in [-0.4, -0.2) is 23.6 Å². The van der Waals surface area contributed by atoms with Gasteiger partial charge in [0.1, 0.15) is 29.0 Å². The molecule has 1 aliphatic rings. The van der Waals surface area contributed by atoms with Crippen LogP contribution in [-0.2, 0) is 11.2 Å². The lowest BCUT2D eigenvalue weighted by molar-refractivity contribution is -0.112. The number of nitrogens with one attached hydrogen (secondary N) is 1. The molecule has 6 nitrogen and oxygen atoms in total. The van der Waals surface area contributed by atoms with Crippen molar-refractivity contribution in [3.05, 3.63) is 83.9 Å². The first kappa shape index (κ1) is 23.7. The van der Waals surface area contributed by atoms with E-state index in [0.29, 0.717) is 42.7 Å².